The maximum Gasteiger partial charge on any atom is 0.279 e. The fourth-order valence-electron chi connectivity index (χ4n) is 3.44. The molecule has 0 spiro atoms. The van der Waals surface area contributed by atoms with Crippen LogP contribution >= 0.6 is 7.59 Å². The van der Waals surface area contributed by atoms with E-state index in [2.05, 4.69) is 56.8 Å². The van der Waals surface area contributed by atoms with Crippen LogP contribution in [0.15, 0.2) is 0 Å². The van der Waals surface area contributed by atoms with Crippen LogP contribution in [0.2, 0.25) is 0 Å². The molecule has 176 valence electrons. The summed E-state index contributed by atoms with van der Waals surface area (Å²) in [7, 11) is -2.67. The predicted octanol–water partition coefficient (Wildman–Crippen LogP) is 7.51. The van der Waals surface area contributed by atoms with Gasteiger partial charge in [-0.2, -0.15) is 0 Å². The van der Waals surface area contributed by atoms with Gasteiger partial charge in [0.1, 0.15) is 0 Å². The van der Waals surface area contributed by atoms with Crippen LogP contribution in [-0.2, 0) is 4.57 Å². The molecule has 0 fully saturated rings. The van der Waals surface area contributed by atoms with Gasteiger partial charge in [0.2, 0.25) is 0 Å². The Bertz CT molecular complexity index is 343. The minimum atomic E-state index is -2.67. The van der Waals surface area contributed by atoms with Crippen LogP contribution in [0.3, 0.4) is 0 Å². The van der Waals surface area contributed by atoms with E-state index in [0.717, 1.165) is 56.7 Å². The second-order valence-corrected chi connectivity index (χ2v) is 12.2. The topological polar surface area (TPSA) is 53.2 Å². The lowest BCUT2D eigenvalue weighted by atomic mass is 10.1. The van der Waals surface area contributed by atoms with Crippen LogP contribution in [0.5, 0.6) is 0 Å². The van der Waals surface area contributed by atoms with Crippen LogP contribution in [0.1, 0.15) is 119 Å². The van der Waals surface area contributed by atoms with Gasteiger partial charge in [0.25, 0.3) is 7.59 Å². The molecule has 0 bridgehead atoms. The summed E-state index contributed by atoms with van der Waals surface area (Å²) in [4.78, 5) is 0. The van der Waals surface area contributed by atoms with E-state index in [0.29, 0.717) is 0 Å². The molecule has 0 heterocycles. The molecule has 0 aromatic rings. The normalized spacial score (nSPS) is 12.6. The molecule has 5 heteroatoms. The Kier molecular flexibility index (Phi) is 18.9. The zero-order chi connectivity index (χ0) is 22.0. The van der Waals surface area contributed by atoms with E-state index in [1.54, 1.807) is 0 Å². The number of hydrogen-bond acceptors (Lipinski definition) is 1. The smallest absolute Gasteiger partial charge is 0.271 e. The van der Waals surface area contributed by atoms with Gasteiger partial charge in [0, 0.05) is 19.6 Å². The molecule has 0 aromatic carbocycles. The summed E-state index contributed by atoms with van der Waals surface area (Å²) in [5, 5.41) is 10.0. The molecule has 0 unspecified atom stereocenters. The summed E-state index contributed by atoms with van der Waals surface area (Å²) in [6.07, 6.45) is 14.7. The molecule has 4 nitrogen and oxygen atoms in total. The summed E-state index contributed by atoms with van der Waals surface area (Å²) in [5.41, 5.74) is 0. The monoisotopic (exact) mass is 431 g/mol. The minimum Gasteiger partial charge on any atom is -0.271 e. The summed E-state index contributed by atoms with van der Waals surface area (Å²) in [6.45, 7) is 16.2. The predicted molar refractivity (Wildman–Crippen MR) is 132 cm³/mol. The highest BCUT2D eigenvalue weighted by Crippen LogP contribution is 2.30. The second-order valence-electron chi connectivity index (χ2n) is 10.1. The van der Waals surface area contributed by atoms with Crippen molar-refractivity contribution in [3.05, 3.63) is 0 Å². The van der Waals surface area contributed by atoms with Gasteiger partial charge in [-0.25, -0.2) is 15.3 Å². The highest BCUT2D eigenvalue weighted by Gasteiger charge is 2.19. The molecule has 0 amide bonds. The van der Waals surface area contributed by atoms with Crippen molar-refractivity contribution in [2.75, 3.05) is 19.6 Å². The van der Waals surface area contributed by atoms with Crippen LogP contribution in [-0.4, -0.2) is 19.6 Å². The number of hydrogen-bond donors (Lipinski definition) is 3. The Balaban J connectivity index is 4.15. The van der Waals surface area contributed by atoms with Gasteiger partial charge in [-0.15, -0.1) is 0 Å². The van der Waals surface area contributed by atoms with Gasteiger partial charge in [-0.3, -0.25) is 4.57 Å². The van der Waals surface area contributed by atoms with Crippen LogP contribution in [0.4, 0.5) is 0 Å². The summed E-state index contributed by atoms with van der Waals surface area (Å²) >= 11 is 0. The first kappa shape index (κ1) is 29.1. The van der Waals surface area contributed by atoms with Crippen LogP contribution in [0, 0.1) is 17.8 Å². The average Bonchev–Trinajstić information content (AvgIpc) is 2.63. The zero-order valence-corrected chi connectivity index (χ0v) is 21.6. The fourth-order valence-corrected chi connectivity index (χ4v) is 5.19. The molecule has 0 saturated carbocycles. The van der Waals surface area contributed by atoms with E-state index in [1.807, 2.05) is 0 Å². The standard InChI is InChI=1S/C24H54N3OP/c1-22(2)16-10-7-13-19-25-29(28,26-20-14-8-11-17-23(3)4)27-21-15-9-12-18-24(5)6/h22-24H,7-21H2,1-6H3,(H3,25,26,27,28). The fraction of sp³-hybridized carbons (Fsp3) is 1.00. The summed E-state index contributed by atoms with van der Waals surface area (Å²) in [6, 6.07) is 0. The van der Waals surface area contributed by atoms with E-state index < -0.39 is 7.59 Å². The maximum atomic E-state index is 13.3. The molecule has 29 heavy (non-hydrogen) atoms. The van der Waals surface area contributed by atoms with Crippen molar-refractivity contribution in [1.29, 1.82) is 0 Å². The number of nitrogens with one attached hydrogen (secondary N) is 3. The van der Waals surface area contributed by atoms with Gasteiger partial charge in [-0.1, -0.05) is 99.3 Å². The third kappa shape index (κ3) is 21.1. The van der Waals surface area contributed by atoms with Crippen molar-refractivity contribution in [3.63, 3.8) is 0 Å². The average molecular weight is 432 g/mol. The molecule has 0 saturated heterocycles. The van der Waals surface area contributed by atoms with Crippen LogP contribution in [0.25, 0.3) is 0 Å². The molecule has 0 radical (unpaired) electrons. The summed E-state index contributed by atoms with van der Waals surface area (Å²) < 4.78 is 13.3. The van der Waals surface area contributed by atoms with Crippen molar-refractivity contribution < 1.29 is 4.57 Å². The molecule has 0 aliphatic heterocycles. The van der Waals surface area contributed by atoms with E-state index in [4.69, 9.17) is 0 Å². The first-order valence-electron chi connectivity index (χ1n) is 12.6. The van der Waals surface area contributed by atoms with Crippen LogP contribution < -0.4 is 15.3 Å². The molecule has 3 N–H and O–H groups in total. The lowest BCUT2D eigenvalue weighted by Gasteiger charge is -2.22. The van der Waals surface area contributed by atoms with Gasteiger partial charge in [0.15, 0.2) is 0 Å². The van der Waals surface area contributed by atoms with E-state index in [9.17, 15) is 4.57 Å². The molecule has 0 rings (SSSR count). The minimum absolute atomic E-state index is 0.781. The lowest BCUT2D eigenvalue weighted by Crippen LogP contribution is -2.33. The third-order valence-electron chi connectivity index (χ3n) is 5.38. The SMILES string of the molecule is CC(C)CCCCCNP(=O)(NCCCCCC(C)C)NCCCCCC(C)C. The Morgan fingerprint density at radius 2 is 0.759 bits per heavy atom. The largest absolute Gasteiger partial charge is 0.279 e. The molecule has 0 atom stereocenters. The molecule has 0 aliphatic carbocycles. The van der Waals surface area contributed by atoms with Crippen molar-refractivity contribution in [1.82, 2.24) is 15.3 Å². The zero-order valence-electron chi connectivity index (χ0n) is 20.7. The highest BCUT2D eigenvalue weighted by molar-refractivity contribution is 7.57. The van der Waals surface area contributed by atoms with E-state index in [-0.39, 0.29) is 0 Å². The Hall–Kier alpha value is 0.110. The quantitative estimate of drug-likeness (QED) is 0.130. The van der Waals surface area contributed by atoms with Gasteiger partial charge in [0.05, 0.1) is 0 Å². The third-order valence-corrected chi connectivity index (χ3v) is 7.38. The summed E-state index contributed by atoms with van der Waals surface area (Å²) in [5.74, 6) is 2.34. The number of unbranched alkanes of at least 4 members (excludes halogenated alkanes) is 6. The molecular weight excluding hydrogens is 377 g/mol. The molecular formula is C24H54N3OP. The van der Waals surface area contributed by atoms with Gasteiger partial charge in [-0.05, 0) is 37.0 Å². The van der Waals surface area contributed by atoms with Crippen molar-refractivity contribution in [3.8, 4) is 0 Å². The van der Waals surface area contributed by atoms with Crippen molar-refractivity contribution >= 4 is 7.59 Å². The van der Waals surface area contributed by atoms with E-state index >= 15 is 0 Å². The second kappa shape index (κ2) is 18.8. The number of rotatable bonds is 21. The lowest BCUT2D eigenvalue weighted by molar-refractivity contribution is 0.502. The van der Waals surface area contributed by atoms with Gasteiger partial charge < -0.3 is 0 Å². The molecule has 0 aromatic heterocycles. The highest BCUT2D eigenvalue weighted by atomic mass is 31.2. The van der Waals surface area contributed by atoms with Gasteiger partial charge >= 0.3 is 0 Å². The first-order valence-corrected chi connectivity index (χ1v) is 14.3. The maximum absolute atomic E-state index is 13.3. The van der Waals surface area contributed by atoms with E-state index in [1.165, 1.54) is 57.8 Å². The Labute approximate surface area is 183 Å². The Morgan fingerprint density at radius 1 is 0.483 bits per heavy atom. The van der Waals surface area contributed by atoms with Crippen molar-refractivity contribution in [2.45, 2.75) is 119 Å². The Morgan fingerprint density at radius 3 is 1.00 bits per heavy atom. The van der Waals surface area contributed by atoms with Crippen molar-refractivity contribution in [2.24, 2.45) is 17.8 Å². The molecule has 0 aliphatic rings. The first-order chi connectivity index (χ1) is 13.7.